The van der Waals surface area contributed by atoms with Crippen molar-refractivity contribution in [3.8, 4) is 0 Å². The van der Waals surface area contributed by atoms with Crippen molar-refractivity contribution in [3.05, 3.63) is 65.5 Å². The summed E-state index contributed by atoms with van der Waals surface area (Å²) < 4.78 is 45.1. The van der Waals surface area contributed by atoms with Crippen LogP contribution in [0.3, 0.4) is 0 Å². The summed E-state index contributed by atoms with van der Waals surface area (Å²) in [5.74, 6) is -2.27. The largest absolute Gasteiger partial charge is 0.359 e. The Kier molecular flexibility index (Phi) is 6.80. The molecule has 1 aliphatic rings. The molecular formula is C20H22FN3O5S. The van der Waals surface area contributed by atoms with Gasteiger partial charge in [0.15, 0.2) is 0 Å². The minimum absolute atomic E-state index is 0.0819. The van der Waals surface area contributed by atoms with E-state index in [2.05, 4.69) is 10.6 Å². The number of benzene rings is 2. The Bertz CT molecular complexity index is 1010. The van der Waals surface area contributed by atoms with Gasteiger partial charge in [-0.3, -0.25) is 9.59 Å². The average Bonchev–Trinajstić information content (AvgIpc) is 3.21. The van der Waals surface area contributed by atoms with Gasteiger partial charge >= 0.3 is 11.8 Å². The molecule has 1 saturated heterocycles. The number of halogens is 1. The van der Waals surface area contributed by atoms with Gasteiger partial charge in [0.05, 0.1) is 18.0 Å². The maximum absolute atomic E-state index is 13.1. The molecule has 2 aromatic carbocycles. The summed E-state index contributed by atoms with van der Waals surface area (Å²) in [5.41, 5.74) is 1.93. The highest BCUT2D eigenvalue weighted by molar-refractivity contribution is 7.89. The maximum Gasteiger partial charge on any atom is 0.309 e. The normalized spacial score (nSPS) is 16.9. The number of nitrogens with one attached hydrogen (secondary N) is 2. The molecule has 0 saturated carbocycles. The Hall–Kier alpha value is -2.82. The molecule has 10 heteroatoms. The summed E-state index contributed by atoms with van der Waals surface area (Å²) in [5, 5.41) is 4.90. The molecule has 0 unspecified atom stereocenters. The Labute approximate surface area is 174 Å². The minimum Gasteiger partial charge on any atom is -0.359 e. The van der Waals surface area contributed by atoms with E-state index in [9.17, 15) is 22.4 Å². The standard InChI is InChI=1S/C20H22FN3O5S/c1-14-2-4-15(5-3-14)12-22-19(25)20(26)23-13-18-24(10-11-29-18)30(27,28)17-8-6-16(21)7-9-17/h2-9,18H,10-13H2,1H3,(H,22,25)(H,23,26)/t18-/m1/s1. The molecule has 2 N–H and O–H groups in total. The van der Waals surface area contributed by atoms with Gasteiger partial charge in [-0.15, -0.1) is 0 Å². The van der Waals surface area contributed by atoms with Gasteiger partial charge in [0.25, 0.3) is 0 Å². The first-order valence-corrected chi connectivity index (χ1v) is 10.7. The van der Waals surface area contributed by atoms with Gasteiger partial charge in [0, 0.05) is 13.1 Å². The molecule has 1 fully saturated rings. The molecule has 8 nitrogen and oxygen atoms in total. The maximum atomic E-state index is 13.1. The molecule has 0 aliphatic carbocycles. The van der Waals surface area contributed by atoms with Crippen LogP contribution in [0, 0.1) is 12.7 Å². The smallest absolute Gasteiger partial charge is 0.309 e. The summed E-state index contributed by atoms with van der Waals surface area (Å²) in [7, 11) is -3.93. The van der Waals surface area contributed by atoms with E-state index in [1.165, 1.54) is 0 Å². The molecular weight excluding hydrogens is 413 g/mol. The lowest BCUT2D eigenvalue weighted by molar-refractivity contribution is -0.139. The van der Waals surface area contributed by atoms with Gasteiger partial charge in [0.1, 0.15) is 12.0 Å². The van der Waals surface area contributed by atoms with Crippen molar-refractivity contribution in [1.29, 1.82) is 0 Å². The first-order chi connectivity index (χ1) is 14.3. The average molecular weight is 435 g/mol. The van der Waals surface area contributed by atoms with Crippen LogP contribution in [0.4, 0.5) is 4.39 Å². The third kappa shape index (κ3) is 5.21. The van der Waals surface area contributed by atoms with E-state index in [-0.39, 0.29) is 31.1 Å². The summed E-state index contributed by atoms with van der Waals surface area (Å²) in [6.07, 6.45) is -0.964. The quantitative estimate of drug-likeness (QED) is 0.657. The summed E-state index contributed by atoms with van der Waals surface area (Å²) in [6.45, 7) is 2.16. The number of hydrogen-bond donors (Lipinski definition) is 2. The van der Waals surface area contributed by atoms with Crippen LogP contribution >= 0.6 is 0 Å². The van der Waals surface area contributed by atoms with Crippen LogP contribution in [0.2, 0.25) is 0 Å². The Morgan fingerprint density at radius 3 is 2.37 bits per heavy atom. The molecule has 0 spiro atoms. The van der Waals surface area contributed by atoms with Gasteiger partial charge in [-0.1, -0.05) is 29.8 Å². The first-order valence-electron chi connectivity index (χ1n) is 9.28. The molecule has 2 amide bonds. The van der Waals surface area contributed by atoms with Crippen molar-refractivity contribution in [2.45, 2.75) is 24.6 Å². The van der Waals surface area contributed by atoms with Crippen molar-refractivity contribution in [2.24, 2.45) is 0 Å². The number of nitrogens with zero attached hydrogens (tertiary/aromatic N) is 1. The zero-order valence-electron chi connectivity index (χ0n) is 16.3. The fourth-order valence-electron chi connectivity index (χ4n) is 2.91. The van der Waals surface area contributed by atoms with Crippen LogP contribution < -0.4 is 10.6 Å². The Morgan fingerprint density at radius 2 is 1.70 bits per heavy atom. The number of amides is 2. The van der Waals surface area contributed by atoms with E-state index >= 15 is 0 Å². The summed E-state index contributed by atoms with van der Waals surface area (Å²) in [6, 6.07) is 11.9. The Morgan fingerprint density at radius 1 is 1.07 bits per heavy atom. The molecule has 2 aromatic rings. The van der Waals surface area contributed by atoms with E-state index in [1.807, 2.05) is 31.2 Å². The predicted molar refractivity (Wildman–Crippen MR) is 106 cm³/mol. The highest BCUT2D eigenvalue weighted by Gasteiger charge is 2.36. The topological polar surface area (TPSA) is 105 Å². The lowest BCUT2D eigenvalue weighted by Crippen LogP contribution is -2.47. The zero-order chi connectivity index (χ0) is 21.7. The van der Waals surface area contributed by atoms with E-state index in [0.717, 1.165) is 39.7 Å². The number of hydrogen-bond acceptors (Lipinski definition) is 5. The lowest BCUT2D eigenvalue weighted by Gasteiger charge is -2.22. The summed E-state index contributed by atoms with van der Waals surface area (Å²) in [4.78, 5) is 24.0. The molecule has 0 aromatic heterocycles. The molecule has 0 radical (unpaired) electrons. The van der Waals surface area contributed by atoms with E-state index in [0.29, 0.717) is 0 Å². The van der Waals surface area contributed by atoms with Crippen molar-refractivity contribution >= 4 is 21.8 Å². The van der Waals surface area contributed by atoms with E-state index < -0.39 is 33.9 Å². The Balaban J connectivity index is 1.54. The molecule has 3 rings (SSSR count). The SMILES string of the molecule is Cc1ccc(CNC(=O)C(=O)NC[C@H]2OCCN2S(=O)(=O)c2ccc(F)cc2)cc1. The molecule has 1 heterocycles. The predicted octanol–water partition coefficient (Wildman–Crippen LogP) is 0.914. The van der Waals surface area contributed by atoms with Crippen molar-refractivity contribution < 1.29 is 27.1 Å². The molecule has 160 valence electrons. The molecule has 1 aliphatic heterocycles. The fraction of sp³-hybridized carbons (Fsp3) is 0.300. The number of sulfonamides is 1. The third-order valence-corrected chi connectivity index (χ3v) is 6.48. The highest BCUT2D eigenvalue weighted by atomic mass is 32.2. The minimum atomic E-state index is -3.93. The van der Waals surface area contributed by atoms with Gasteiger partial charge in [-0.25, -0.2) is 12.8 Å². The lowest BCUT2D eigenvalue weighted by atomic mass is 10.1. The number of rotatable bonds is 6. The van der Waals surface area contributed by atoms with Crippen molar-refractivity contribution in [3.63, 3.8) is 0 Å². The molecule has 1 atom stereocenters. The number of carbonyl (C=O) groups excluding carboxylic acids is 2. The van der Waals surface area contributed by atoms with Crippen LogP contribution in [-0.4, -0.2) is 50.5 Å². The van der Waals surface area contributed by atoms with Gasteiger partial charge in [-0.2, -0.15) is 4.31 Å². The second-order valence-corrected chi connectivity index (χ2v) is 8.66. The van der Waals surface area contributed by atoms with Crippen LogP contribution in [0.25, 0.3) is 0 Å². The number of carbonyl (C=O) groups is 2. The van der Waals surface area contributed by atoms with Gasteiger partial charge in [-0.05, 0) is 36.8 Å². The highest BCUT2D eigenvalue weighted by Crippen LogP contribution is 2.22. The summed E-state index contributed by atoms with van der Waals surface area (Å²) >= 11 is 0. The fourth-order valence-corrected chi connectivity index (χ4v) is 4.42. The van der Waals surface area contributed by atoms with Crippen LogP contribution in [0.15, 0.2) is 53.4 Å². The van der Waals surface area contributed by atoms with Crippen LogP contribution in [0.5, 0.6) is 0 Å². The van der Waals surface area contributed by atoms with E-state index in [4.69, 9.17) is 4.74 Å². The molecule has 30 heavy (non-hydrogen) atoms. The first kappa shape index (κ1) is 21.9. The second-order valence-electron chi connectivity index (χ2n) is 6.77. The van der Waals surface area contributed by atoms with Crippen molar-refractivity contribution in [1.82, 2.24) is 14.9 Å². The third-order valence-electron chi connectivity index (χ3n) is 4.58. The monoisotopic (exact) mass is 435 g/mol. The van der Waals surface area contributed by atoms with Gasteiger partial charge < -0.3 is 15.4 Å². The van der Waals surface area contributed by atoms with E-state index in [1.54, 1.807) is 0 Å². The zero-order valence-corrected chi connectivity index (χ0v) is 17.1. The number of aryl methyl sites for hydroxylation is 1. The second kappa shape index (κ2) is 9.33. The van der Waals surface area contributed by atoms with Gasteiger partial charge in [0.2, 0.25) is 10.0 Å². The van der Waals surface area contributed by atoms with Crippen LogP contribution in [-0.2, 0) is 30.9 Å². The van der Waals surface area contributed by atoms with Crippen molar-refractivity contribution in [2.75, 3.05) is 19.7 Å². The number of ether oxygens (including phenoxy) is 1. The molecule has 0 bridgehead atoms. The van der Waals surface area contributed by atoms with Crippen LogP contribution in [0.1, 0.15) is 11.1 Å².